The van der Waals surface area contributed by atoms with Crippen molar-refractivity contribution < 1.29 is 8.91 Å². The molecule has 0 fully saturated rings. The van der Waals surface area contributed by atoms with Gasteiger partial charge in [-0.25, -0.2) is 9.37 Å². The third-order valence-electron chi connectivity index (χ3n) is 2.39. The molecule has 0 aliphatic carbocycles. The van der Waals surface area contributed by atoms with Gasteiger partial charge in [-0.1, -0.05) is 4.85 Å². The van der Waals surface area contributed by atoms with Crippen molar-refractivity contribution in [3.63, 3.8) is 0 Å². The molecule has 3 aromatic heterocycles. The Balaban J connectivity index is 2.68. The van der Waals surface area contributed by atoms with Crippen LogP contribution in [0.25, 0.3) is 22.1 Å². The Morgan fingerprint density at radius 2 is 2.24 bits per heavy atom. The first-order valence-corrected chi connectivity index (χ1v) is 4.56. The van der Waals surface area contributed by atoms with Crippen LogP contribution >= 0.6 is 0 Å². The average Bonchev–Trinajstić information content (AvgIpc) is 2.57. The van der Waals surface area contributed by atoms with Gasteiger partial charge in [0.1, 0.15) is 11.5 Å². The Kier molecular flexibility index (Phi) is 1.65. The summed E-state index contributed by atoms with van der Waals surface area (Å²) in [6.45, 7) is 0. The zero-order chi connectivity index (χ0) is 12.2. The molecule has 0 saturated carbocycles. The predicted molar refractivity (Wildman–Crippen MR) is 56.5 cm³/mol. The predicted octanol–water partition coefficient (Wildman–Crippen LogP) is -0.316. The lowest BCUT2D eigenvalue weighted by molar-refractivity contribution is 0.342. The minimum absolute atomic E-state index is 0.0315. The lowest BCUT2D eigenvalue weighted by Crippen LogP contribution is -2.24. The van der Waals surface area contributed by atoms with Gasteiger partial charge in [-0.2, -0.15) is 0 Å². The van der Waals surface area contributed by atoms with Gasteiger partial charge in [0.25, 0.3) is 0 Å². The highest BCUT2D eigenvalue weighted by Gasteiger charge is 2.15. The van der Waals surface area contributed by atoms with Crippen molar-refractivity contribution in [1.29, 1.82) is 0 Å². The molecule has 0 spiro atoms. The van der Waals surface area contributed by atoms with Crippen LogP contribution in [0.3, 0.4) is 0 Å². The second-order valence-corrected chi connectivity index (χ2v) is 3.43. The van der Waals surface area contributed by atoms with E-state index in [1.807, 2.05) is 0 Å². The van der Waals surface area contributed by atoms with Crippen LogP contribution in [0.2, 0.25) is 0 Å². The number of hydrogen-bond acceptors (Lipinski definition) is 5. The Morgan fingerprint density at radius 3 is 3.00 bits per heavy atom. The van der Waals surface area contributed by atoms with E-state index in [2.05, 4.69) is 9.97 Å². The Bertz CT molecular complexity index is 860. The van der Waals surface area contributed by atoms with Crippen molar-refractivity contribution in [3.8, 4) is 0 Å². The number of hydrogen-bond donors (Lipinski definition) is 2. The van der Waals surface area contributed by atoms with Crippen molar-refractivity contribution in [2.75, 3.05) is 5.84 Å². The number of rotatable bonds is 0. The molecule has 0 aliphatic heterocycles. The van der Waals surface area contributed by atoms with Gasteiger partial charge in [0.05, 0.1) is 11.6 Å². The van der Waals surface area contributed by atoms with Crippen molar-refractivity contribution in [2.24, 2.45) is 0 Å². The molecular weight excluding hydrogens is 231 g/mol. The van der Waals surface area contributed by atoms with E-state index in [0.717, 1.165) is 12.3 Å². The smallest absolute Gasteiger partial charge is 0.317 e. The van der Waals surface area contributed by atoms with Crippen LogP contribution in [-0.2, 0) is 0 Å². The van der Waals surface area contributed by atoms with E-state index in [0.29, 0.717) is 4.85 Å². The molecule has 0 amide bonds. The molecule has 0 unspecified atom stereocenters. The van der Waals surface area contributed by atoms with Gasteiger partial charge >= 0.3 is 5.56 Å². The second-order valence-electron chi connectivity index (χ2n) is 3.43. The number of halogens is 1. The third-order valence-corrected chi connectivity index (χ3v) is 2.39. The van der Waals surface area contributed by atoms with E-state index in [1.165, 1.54) is 0 Å². The van der Waals surface area contributed by atoms with Gasteiger partial charge in [0, 0.05) is 0 Å². The maximum Gasteiger partial charge on any atom is 0.317 e. The van der Waals surface area contributed by atoms with E-state index in [1.54, 1.807) is 0 Å². The van der Waals surface area contributed by atoms with Crippen molar-refractivity contribution in [2.45, 2.75) is 0 Å². The molecule has 0 aliphatic rings. The van der Waals surface area contributed by atoms with Crippen LogP contribution in [0.15, 0.2) is 26.4 Å². The van der Waals surface area contributed by atoms with Gasteiger partial charge in [-0.05, 0) is 6.07 Å². The number of pyridine rings is 2. The number of aromatic amines is 1. The fourth-order valence-electron chi connectivity index (χ4n) is 1.63. The zero-order valence-electron chi connectivity index (χ0n) is 8.23. The van der Waals surface area contributed by atoms with E-state index in [-0.39, 0.29) is 22.1 Å². The molecule has 0 radical (unpaired) electrons. The fraction of sp³-hybridized carbons (Fsp3) is 0. The quantitative estimate of drug-likeness (QED) is 0.520. The van der Waals surface area contributed by atoms with Crippen molar-refractivity contribution >= 4 is 22.1 Å². The van der Waals surface area contributed by atoms with Crippen LogP contribution in [0, 0.1) is 5.82 Å². The van der Waals surface area contributed by atoms with E-state index < -0.39 is 16.8 Å². The SMILES string of the molecule is Nn1oc2[nH]c3ncc(F)cc3c(=O)c2c1=O. The number of fused-ring (bicyclic) bond motifs is 2. The molecule has 17 heavy (non-hydrogen) atoms. The highest BCUT2D eigenvalue weighted by molar-refractivity contribution is 5.87. The summed E-state index contributed by atoms with van der Waals surface area (Å²) in [7, 11) is 0. The molecule has 3 N–H and O–H groups in total. The minimum Gasteiger partial charge on any atom is -0.337 e. The Labute approximate surface area is 91.2 Å². The summed E-state index contributed by atoms with van der Waals surface area (Å²) in [4.78, 5) is 30.1. The summed E-state index contributed by atoms with van der Waals surface area (Å²) in [6.07, 6.45) is 0.946. The van der Waals surface area contributed by atoms with Crippen LogP contribution in [0.4, 0.5) is 4.39 Å². The van der Waals surface area contributed by atoms with Gasteiger partial charge in [-0.15, -0.1) is 0 Å². The molecule has 3 aromatic rings. The van der Waals surface area contributed by atoms with Crippen LogP contribution < -0.4 is 16.8 Å². The number of nitrogens with one attached hydrogen (secondary N) is 1. The number of aromatic nitrogens is 3. The largest absolute Gasteiger partial charge is 0.337 e. The van der Waals surface area contributed by atoms with Gasteiger partial charge in [0.15, 0.2) is 5.39 Å². The first-order chi connectivity index (χ1) is 8.08. The maximum absolute atomic E-state index is 13.0. The molecule has 3 heterocycles. The zero-order valence-corrected chi connectivity index (χ0v) is 8.23. The second kappa shape index (κ2) is 2.94. The monoisotopic (exact) mass is 236 g/mol. The molecule has 0 saturated heterocycles. The fourth-order valence-corrected chi connectivity index (χ4v) is 1.63. The summed E-state index contributed by atoms with van der Waals surface area (Å²) < 4.78 is 17.8. The van der Waals surface area contributed by atoms with E-state index in [4.69, 9.17) is 10.4 Å². The first-order valence-electron chi connectivity index (χ1n) is 4.56. The standard InChI is InChI=1S/C9H5FN4O3/c10-3-1-4-6(15)5-8(13-7(4)12-2-3)17-14(11)9(5)16/h1-2H,11H2,(H,12,13,15). The van der Waals surface area contributed by atoms with Crippen LogP contribution in [0.5, 0.6) is 0 Å². The molecule has 3 rings (SSSR count). The molecule has 0 aromatic carbocycles. The summed E-state index contributed by atoms with van der Waals surface area (Å²) in [5.41, 5.74) is -1.42. The minimum atomic E-state index is -0.785. The topological polar surface area (TPSA) is 107 Å². The highest BCUT2D eigenvalue weighted by atomic mass is 19.1. The Hall–Kier alpha value is -2.64. The van der Waals surface area contributed by atoms with Crippen molar-refractivity contribution in [1.82, 2.24) is 14.8 Å². The molecule has 7 nitrogen and oxygen atoms in total. The Morgan fingerprint density at radius 1 is 1.47 bits per heavy atom. The van der Waals surface area contributed by atoms with E-state index in [9.17, 15) is 14.0 Å². The average molecular weight is 236 g/mol. The van der Waals surface area contributed by atoms with E-state index >= 15 is 0 Å². The summed E-state index contributed by atoms with van der Waals surface area (Å²) in [5.74, 6) is 4.53. The summed E-state index contributed by atoms with van der Waals surface area (Å²) >= 11 is 0. The summed E-state index contributed by atoms with van der Waals surface area (Å²) in [5, 5.41) is -0.289. The lowest BCUT2D eigenvalue weighted by atomic mass is 10.2. The molecule has 0 atom stereocenters. The van der Waals surface area contributed by atoms with Crippen LogP contribution in [0.1, 0.15) is 0 Å². The normalized spacial score (nSPS) is 11.4. The third kappa shape index (κ3) is 1.17. The highest BCUT2D eigenvalue weighted by Crippen LogP contribution is 2.10. The molecule has 0 bridgehead atoms. The first kappa shape index (κ1) is 9.58. The van der Waals surface area contributed by atoms with Crippen molar-refractivity contribution in [3.05, 3.63) is 38.7 Å². The van der Waals surface area contributed by atoms with Gasteiger partial charge in [-0.3, -0.25) is 9.59 Å². The van der Waals surface area contributed by atoms with Crippen LogP contribution in [-0.4, -0.2) is 14.8 Å². The van der Waals surface area contributed by atoms with Gasteiger partial charge < -0.3 is 15.3 Å². The summed E-state index contributed by atoms with van der Waals surface area (Å²) in [6, 6.07) is 0.994. The molecular formula is C9H5FN4O3. The number of H-pyrrole nitrogens is 1. The number of nitrogen functional groups attached to an aromatic ring is 1. The molecule has 86 valence electrons. The lowest BCUT2D eigenvalue weighted by Gasteiger charge is -1.95. The van der Waals surface area contributed by atoms with Gasteiger partial charge in [0.2, 0.25) is 11.1 Å². The number of nitrogens with two attached hydrogens (primary N) is 1. The number of nitrogens with zero attached hydrogens (tertiary/aromatic N) is 2. The molecule has 8 heteroatoms. The maximum atomic E-state index is 13.0.